The summed E-state index contributed by atoms with van der Waals surface area (Å²) in [6, 6.07) is 13.1. The Balaban J connectivity index is 1.91. The molecule has 2 rings (SSSR count). The molecule has 1 aromatic carbocycles. The number of nitrogens with one attached hydrogen (secondary N) is 1. The van der Waals surface area contributed by atoms with E-state index in [1.165, 1.54) is 0 Å². The lowest BCUT2D eigenvalue weighted by Gasteiger charge is -2.17. The van der Waals surface area contributed by atoms with Crippen LogP contribution in [-0.2, 0) is 0 Å². The van der Waals surface area contributed by atoms with Crippen LogP contribution in [0.1, 0.15) is 35.8 Å². The molecule has 4 nitrogen and oxygen atoms in total. The number of rotatable bonds is 5. The third-order valence-electron chi connectivity index (χ3n) is 3.23. The number of hydrogen-bond acceptors (Lipinski definition) is 4. The van der Waals surface area contributed by atoms with E-state index in [-0.39, 0.29) is 6.04 Å². The lowest BCUT2D eigenvalue weighted by molar-refractivity contribution is 0.171. The molecule has 0 spiro atoms. The fourth-order valence-corrected chi connectivity index (χ4v) is 1.94. The molecule has 0 bridgehead atoms. The monoisotopic (exact) mass is 267 g/mol. The fourth-order valence-electron chi connectivity index (χ4n) is 1.94. The lowest BCUT2D eigenvalue weighted by atomic mass is 10.1. The van der Waals surface area contributed by atoms with Gasteiger partial charge in [-0.3, -0.25) is 4.98 Å². The molecule has 0 amide bonds. The summed E-state index contributed by atoms with van der Waals surface area (Å²) in [7, 11) is 0. The van der Waals surface area contributed by atoms with Crippen LogP contribution in [0.15, 0.2) is 48.8 Å². The molecule has 4 heteroatoms. The number of benzene rings is 1. The predicted molar refractivity (Wildman–Crippen MR) is 76.8 cm³/mol. The molecule has 2 atom stereocenters. The Morgan fingerprint density at radius 1 is 1.25 bits per heavy atom. The van der Waals surface area contributed by atoms with Crippen LogP contribution in [0.2, 0.25) is 0 Å². The first-order valence-electron chi connectivity index (χ1n) is 6.52. The zero-order valence-corrected chi connectivity index (χ0v) is 11.3. The third-order valence-corrected chi connectivity index (χ3v) is 3.23. The first-order valence-corrected chi connectivity index (χ1v) is 6.52. The second-order valence-corrected chi connectivity index (χ2v) is 4.67. The molecule has 0 fully saturated rings. The van der Waals surface area contributed by atoms with E-state index in [2.05, 4.69) is 16.4 Å². The van der Waals surface area contributed by atoms with Gasteiger partial charge in [-0.15, -0.1) is 0 Å². The molecule has 0 aliphatic rings. The van der Waals surface area contributed by atoms with Gasteiger partial charge >= 0.3 is 0 Å². The van der Waals surface area contributed by atoms with Crippen molar-refractivity contribution in [3.63, 3.8) is 0 Å². The summed E-state index contributed by atoms with van der Waals surface area (Å²) >= 11 is 0. The Morgan fingerprint density at radius 2 is 2.00 bits per heavy atom. The number of nitriles is 1. The average molecular weight is 267 g/mol. The van der Waals surface area contributed by atoms with Crippen molar-refractivity contribution >= 4 is 0 Å². The van der Waals surface area contributed by atoms with Gasteiger partial charge in [0.2, 0.25) is 0 Å². The van der Waals surface area contributed by atoms with E-state index in [4.69, 9.17) is 5.26 Å². The van der Waals surface area contributed by atoms with E-state index in [1.807, 2.05) is 25.3 Å². The van der Waals surface area contributed by atoms with E-state index in [1.54, 1.807) is 30.5 Å². The smallest absolute Gasteiger partial charge is 0.0991 e. The van der Waals surface area contributed by atoms with Crippen molar-refractivity contribution in [1.82, 2.24) is 10.3 Å². The molecule has 20 heavy (non-hydrogen) atoms. The Bertz CT molecular complexity index is 575. The SMILES string of the molecule is CC(NCC(O)c1ccc(C#N)cc1)c1cccnc1. The molecule has 2 unspecified atom stereocenters. The number of aromatic nitrogens is 1. The zero-order chi connectivity index (χ0) is 14.4. The van der Waals surface area contributed by atoms with Gasteiger partial charge in [-0.25, -0.2) is 0 Å². The van der Waals surface area contributed by atoms with E-state index in [0.29, 0.717) is 12.1 Å². The maximum atomic E-state index is 10.1. The van der Waals surface area contributed by atoms with E-state index >= 15 is 0 Å². The molecule has 2 N–H and O–H groups in total. The van der Waals surface area contributed by atoms with Crippen molar-refractivity contribution < 1.29 is 5.11 Å². The number of pyridine rings is 1. The number of aliphatic hydroxyl groups excluding tert-OH is 1. The van der Waals surface area contributed by atoms with Gasteiger partial charge < -0.3 is 10.4 Å². The highest BCUT2D eigenvalue weighted by Gasteiger charge is 2.10. The summed E-state index contributed by atoms with van der Waals surface area (Å²) in [6.07, 6.45) is 2.95. The van der Waals surface area contributed by atoms with Crippen molar-refractivity contribution in [3.8, 4) is 6.07 Å². The summed E-state index contributed by atoms with van der Waals surface area (Å²) < 4.78 is 0. The van der Waals surface area contributed by atoms with Crippen molar-refractivity contribution in [2.24, 2.45) is 0 Å². The minimum Gasteiger partial charge on any atom is -0.387 e. The van der Waals surface area contributed by atoms with Crippen molar-refractivity contribution in [2.45, 2.75) is 19.1 Å². The van der Waals surface area contributed by atoms with Crippen LogP contribution in [-0.4, -0.2) is 16.6 Å². The predicted octanol–water partition coefficient (Wildman–Crippen LogP) is 2.34. The van der Waals surface area contributed by atoms with E-state index in [9.17, 15) is 5.11 Å². The van der Waals surface area contributed by atoms with Gasteiger partial charge in [-0.05, 0) is 36.2 Å². The average Bonchev–Trinajstić information content (AvgIpc) is 2.53. The van der Waals surface area contributed by atoms with Gasteiger partial charge in [0.1, 0.15) is 0 Å². The van der Waals surface area contributed by atoms with Crippen LogP contribution in [0.4, 0.5) is 0 Å². The molecular weight excluding hydrogens is 250 g/mol. The Labute approximate surface area is 118 Å². The first kappa shape index (κ1) is 14.2. The van der Waals surface area contributed by atoms with Crippen molar-refractivity contribution in [2.75, 3.05) is 6.54 Å². The molecule has 1 heterocycles. The quantitative estimate of drug-likeness (QED) is 0.872. The maximum absolute atomic E-state index is 10.1. The zero-order valence-electron chi connectivity index (χ0n) is 11.3. The standard InChI is InChI=1S/C16H17N3O/c1-12(15-3-2-8-18-10-15)19-11-16(20)14-6-4-13(9-17)5-7-14/h2-8,10,12,16,19-20H,11H2,1H3. The molecule has 1 aromatic heterocycles. The van der Waals surface area contributed by atoms with Crippen LogP contribution >= 0.6 is 0 Å². The Hall–Kier alpha value is -2.22. The summed E-state index contributed by atoms with van der Waals surface area (Å²) in [5.41, 5.74) is 2.48. The minimum absolute atomic E-state index is 0.122. The topological polar surface area (TPSA) is 68.9 Å². The van der Waals surface area contributed by atoms with Crippen LogP contribution in [0, 0.1) is 11.3 Å². The molecular formula is C16H17N3O. The minimum atomic E-state index is -0.595. The summed E-state index contributed by atoms with van der Waals surface area (Å²) in [4.78, 5) is 4.08. The number of aliphatic hydroxyl groups is 1. The normalized spacial score (nSPS) is 13.4. The second kappa shape index (κ2) is 6.80. The highest BCUT2D eigenvalue weighted by molar-refractivity contribution is 5.32. The Kier molecular flexibility index (Phi) is 4.83. The molecule has 2 aromatic rings. The molecule has 0 aliphatic heterocycles. The van der Waals surface area contributed by atoms with E-state index < -0.39 is 6.10 Å². The van der Waals surface area contributed by atoms with Crippen LogP contribution in [0.5, 0.6) is 0 Å². The molecule has 0 saturated carbocycles. The van der Waals surface area contributed by atoms with Gasteiger partial charge in [0.25, 0.3) is 0 Å². The summed E-state index contributed by atoms with van der Waals surface area (Å²) in [5, 5.41) is 22.1. The fraction of sp³-hybridized carbons (Fsp3) is 0.250. The molecule has 0 radical (unpaired) electrons. The lowest BCUT2D eigenvalue weighted by Crippen LogP contribution is -2.24. The van der Waals surface area contributed by atoms with Gasteiger partial charge in [0, 0.05) is 25.0 Å². The van der Waals surface area contributed by atoms with E-state index in [0.717, 1.165) is 11.1 Å². The molecule has 0 saturated heterocycles. The highest BCUT2D eigenvalue weighted by Crippen LogP contribution is 2.15. The number of hydrogen-bond donors (Lipinski definition) is 2. The van der Waals surface area contributed by atoms with Crippen LogP contribution in [0.3, 0.4) is 0 Å². The number of nitrogens with zero attached hydrogens (tertiary/aromatic N) is 2. The summed E-state index contributed by atoms with van der Waals surface area (Å²) in [5.74, 6) is 0. The summed E-state index contributed by atoms with van der Waals surface area (Å²) in [6.45, 7) is 2.48. The highest BCUT2D eigenvalue weighted by atomic mass is 16.3. The second-order valence-electron chi connectivity index (χ2n) is 4.67. The van der Waals surface area contributed by atoms with Gasteiger partial charge in [-0.1, -0.05) is 18.2 Å². The molecule has 0 aliphatic carbocycles. The van der Waals surface area contributed by atoms with Crippen LogP contribution < -0.4 is 5.32 Å². The molecule has 102 valence electrons. The van der Waals surface area contributed by atoms with Gasteiger partial charge in [0.15, 0.2) is 0 Å². The Morgan fingerprint density at radius 3 is 2.60 bits per heavy atom. The van der Waals surface area contributed by atoms with Gasteiger partial charge in [0.05, 0.1) is 17.7 Å². The third kappa shape index (κ3) is 3.64. The first-order chi connectivity index (χ1) is 9.70. The van der Waals surface area contributed by atoms with Crippen molar-refractivity contribution in [3.05, 3.63) is 65.5 Å². The van der Waals surface area contributed by atoms with Crippen molar-refractivity contribution in [1.29, 1.82) is 5.26 Å². The van der Waals surface area contributed by atoms with Crippen LogP contribution in [0.25, 0.3) is 0 Å². The largest absolute Gasteiger partial charge is 0.387 e. The maximum Gasteiger partial charge on any atom is 0.0991 e. The van der Waals surface area contributed by atoms with Gasteiger partial charge in [-0.2, -0.15) is 5.26 Å².